The first-order chi connectivity index (χ1) is 14.9. The summed E-state index contributed by atoms with van der Waals surface area (Å²) in [6.45, 7) is 8.93. The smallest absolute Gasteiger partial charge is 0.319 e. The molecule has 0 aliphatic rings. The van der Waals surface area contributed by atoms with Gasteiger partial charge in [0.05, 0.1) is 0 Å². The zero-order valence-electron chi connectivity index (χ0n) is 19.6. The van der Waals surface area contributed by atoms with Gasteiger partial charge in [-0.3, -0.25) is 0 Å². The van der Waals surface area contributed by atoms with Gasteiger partial charge < -0.3 is 20.7 Å². The lowest BCUT2D eigenvalue weighted by Crippen LogP contribution is -2.28. The van der Waals surface area contributed by atoms with Crippen LogP contribution in [0.15, 0.2) is 48.5 Å². The van der Waals surface area contributed by atoms with Crippen molar-refractivity contribution in [2.24, 2.45) is 0 Å². The summed E-state index contributed by atoms with van der Waals surface area (Å²) in [7, 11) is 1.88. The number of rotatable bonds is 9. The summed E-state index contributed by atoms with van der Waals surface area (Å²) in [6, 6.07) is 13.3. The summed E-state index contributed by atoms with van der Waals surface area (Å²) < 4.78 is 12.8. The molecule has 2 aromatic rings. The molecule has 0 atom stereocenters. The Hall–Kier alpha value is -2.73. The first-order valence-corrected chi connectivity index (χ1v) is 11.0. The molecule has 0 bridgehead atoms. The molecule has 0 aliphatic heterocycles. The van der Waals surface area contributed by atoms with Crippen LogP contribution in [-0.2, 0) is 17.9 Å². The van der Waals surface area contributed by atoms with Crippen molar-refractivity contribution >= 4 is 17.5 Å². The second kappa shape index (κ2) is 18.1. The van der Waals surface area contributed by atoms with Crippen molar-refractivity contribution in [1.29, 1.82) is 0 Å². The SMILES string of the molecule is CC.CCCCCC(C)=O.CNCc1ccc(NC(=O)NCc2ccc(F)cc2)cc1. The van der Waals surface area contributed by atoms with E-state index in [1.165, 1.54) is 25.0 Å². The number of urea groups is 1. The molecular weight excluding hydrogens is 393 g/mol. The lowest BCUT2D eigenvalue weighted by atomic mass is 10.2. The van der Waals surface area contributed by atoms with E-state index in [-0.39, 0.29) is 11.8 Å². The van der Waals surface area contributed by atoms with Crippen LogP contribution in [0.25, 0.3) is 0 Å². The Morgan fingerprint density at radius 3 is 1.94 bits per heavy atom. The van der Waals surface area contributed by atoms with Crippen LogP contribution in [0.5, 0.6) is 0 Å². The first kappa shape index (κ1) is 28.3. The fourth-order valence-electron chi connectivity index (χ4n) is 2.49. The van der Waals surface area contributed by atoms with Crippen LogP contribution >= 0.6 is 0 Å². The predicted molar refractivity (Wildman–Crippen MR) is 128 cm³/mol. The van der Waals surface area contributed by atoms with E-state index in [0.29, 0.717) is 12.3 Å². The molecule has 0 aliphatic carbocycles. The van der Waals surface area contributed by atoms with E-state index in [4.69, 9.17) is 0 Å². The average Bonchev–Trinajstić information content (AvgIpc) is 2.77. The molecule has 0 radical (unpaired) electrons. The molecule has 0 aromatic heterocycles. The summed E-state index contributed by atoms with van der Waals surface area (Å²) in [5.41, 5.74) is 2.72. The van der Waals surface area contributed by atoms with Gasteiger partial charge in [-0.25, -0.2) is 9.18 Å². The van der Waals surface area contributed by atoms with Crippen molar-refractivity contribution in [3.63, 3.8) is 0 Å². The predicted octanol–water partition coefficient (Wildman–Crippen LogP) is 6.05. The quantitative estimate of drug-likeness (QED) is 0.423. The van der Waals surface area contributed by atoms with Crippen LogP contribution in [0.1, 0.15) is 64.5 Å². The second-order valence-electron chi connectivity index (χ2n) is 6.82. The normalized spacial score (nSPS) is 9.48. The van der Waals surface area contributed by atoms with E-state index in [1.54, 1.807) is 19.1 Å². The number of anilines is 1. The lowest BCUT2D eigenvalue weighted by Gasteiger charge is -2.08. The number of carbonyl (C=O) groups excluding carboxylic acids is 2. The number of amides is 2. The van der Waals surface area contributed by atoms with E-state index in [2.05, 4.69) is 22.9 Å². The first-order valence-electron chi connectivity index (χ1n) is 11.0. The Morgan fingerprint density at radius 1 is 0.871 bits per heavy atom. The fraction of sp³-hybridized carbons (Fsp3) is 0.440. The minimum atomic E-state index is -0.291. The van der Waals surface area contributed by atoms with Crippen molar-refractivity contribution in [2.75, 3.05) is 12.4 Å². The van der Waals surface area contributed by atoms with Crippen molar-refractivity contribution in [3.8, 4) is 0 Å². The van der Waals surface area contributed by atoms with Crippen LogP contribution in [0.4, 0.5) is 14.9 Å². The van der Waals surface area contributed by atoms with Gasteiger partial charge in [0.1, 0.15) is 11.6 Å². The topological polar surface area (TPSA) is 70.2 Å². The van der Waals surface area contributed by atoms with Gasteiger partial charge >= 0.3 is 6.03 Å². The molecule has 6 heteroatoms. The molecule has 0 unspecified atom stereocenters. The van der Waals surface area contributed by atoms with Gasteiger partial charge in [-0.15, -0.1) is 0 Å². The van der Waals surface area contributed by atoms with Crippen molar-refractivity contribution in [1.82, 2.24) is 10.6 Å². The molecule has 0 fully saturated rings. The summed E-state index contributed by atoms with van der Waals surface area (Å²) in [6.07, 6.45) is 4.24. The summed E-state index contributed by atoms with van der Waals surface area (Å²) >= 11 is 0. The van der Waals surface area contributed by atoms with Gasteiger partial charge in [0.15, 0.2) is 0 Å². The van der Waals surface area contributed by atoms with Crippen LogP contribution in [0.2, 0.25) is 0 Å². The maximum absolute atomic E-state index is 12.8. The molecular formula is C25H38FN3O2. The molecule has 31 heavy (non-hydrogen) atoms. The van der Waals surface area contributed by atoms with E-state index in [9.17, 15) is 14.0 Å². The highest BCUT2D eigenvalue weighted by Crippen LogP contribution is 2.09. The summed E-state index contributed by atoms with van der Waals surface area (Å²) in [5, 5.41) is 8.53. The van der Waals surface area contributed by atoms with E-state index in [1.807, 2.05) is 45.2 Å². The van der Waals surface area contributed by atoms with Gasteiger partial charge in [-0.1, -0.05) is 57.9 Å². The number of ketones is 1. The van der Waals surface area contributed by atoms with Gasteiger partial charge in [0, 0.05) is 25.2 Å². The largest absolute Gasteiger partial charge is 0.334 e. The number of unbranched alkanes of at least 4 members (excludes halogenated alkanes) is 2. The number of hydrogen-bond donors (Lipinski definition) is 3. The summed E-state index contributed by atoms with van der Waals surface area (Å²) in [5.74, 6) is 0.0308. The number of Topliss-reactive ketones (excluding diaryl/α,β-unsaturated/α-hetero) is 1. The van der Waals surface area contributed by atoms with Gasteiger partial charge in [-0.2, -0.15) is 0 Å². The zero-order chi connectivity index (χ0) is 23.5. The highest BCUT2D eigenvalue weighted by Gasteiger charge is 2.02. The highest BCUT2D eigenvalue weighted by atomic mass is 19.1. The fourth-order valence-corrected chi connectivity index (χ4v) is 2.49. The Labute approximate surface area is 186 Å². The zero-order valence-corrected chi connectivity index (χ0v) is 19.6. The molecule has 2 aromatic carbocycles. The molecule has 5 nitrogen and oxygen atoms in total. The minimum absolute atomic E-state index is 0.287. The van der Waals surface area contributed by atoms with Gasteiger partial charge in [-0.05, 0) is 55.8 Å². The minimum Gasteiger partial charge on any atom is -0.334 e. The van der Waals surface area contributed by atoms with Gasteiger partial charge in [0.25, 0.3) is 0 Å². The monoisotopic (exact) mass is 431 g/mol. The Balaban J connectivity index is 0.000000762. The Kier molecular flexibility index (Phi) is 16.5. The molecule has 0 heterocycles. The number of carbonyl (C=O) groups is 2. The third kappa shape index (κ3) is 14.8. The third-order valence-corrected chi connectivity index (χ3v) is 4.09. The third-order valence-electron chi connectivity index (χ3n) is 4.09. The molecule has 2 rings (SSSR count). The van der Waals surface area contributed by atoms with Gasteiger partial charge in [0.2, 0.25) is 0 Å². The number of hydrogen-bond acceptors (Lipinski definition) is 3. The van der Waals surface area contributed by atoms with Crippen molar-refractivity contribution in [2.45, 2.75) is 66.5 Å². The molecule has 0 saturated carbocycles. The number of benzene rings is 2. The van der Waals surface area contributed by atoms with Crippen LogP contribution in [0, 0.1) is 5.82 Å². The average molecular weight is 432 g/mol. The van der Waals surface area contributed by atoms with Crippen LogP contribution < -0.4 is 16.0 Å². The van der Waals surface area contributed by atoms with E-state index in [0.717, 1.165) is 36.2 Å². The molecule has 0 saturated heterocycles. The molecule has 2 amide bonds. The maximum atomic E-state index is 12.8. The van der Waals surface area contributed by atoms with Crippen molar-refractivity contribution < 1.29 is 14.0 Å². The number of halogens is 1. The second-order valence-corrected chi connectivity index (χ2v) is 6.82. The van der Waals surface area contributed by atoms with Crippen LogP contribution in [-0.4, -0.2) is 18.9 Å². The number of nitrogens with one attached hydrogen (secondary N) is 3. The van der Waals surface area contributed by atoms with E-state index >= 15 is 0 Å². The molecule has 0 spiro atoms. The summed E-state index contributed by atoms with van der Waals surface area (Å²) in [4.78, 5) is 22.1. The lowest BCUT2D eigenvalue weighted by molar-refractivity contribution is -0.117. The molecule has 3 N–H and O–H groups in total. The standard InChI is InChI=1S/C16H18FN3O.C7H14O.C2H6/c1-18-10-12-4-8-15(9-5-12)20-16(21)19-11-13-2-6-14(17)7-3-13;1-3-4-5-6-7(2)8;1-2/h2-9,18H,10-11H2,1H3,(H2,19,20,21);3-6H2,1-2H3;1-2H3. The van der Waals surface area contributed by atoms with Crippen LogP contribution in [0.3, 0.4) is 0 Å². The Morgan fingerprint density at radius 2 is 1.42 bits per heavy atom. The van der Waals surface area contributed by atoms with E-state index < -0.39 is 0 Å². The Bertz CT molecular complexity index is 731. The highest BCUT2D eigenvalue weighted by molar-refractivity contribution is 5.89. The molecule has 172 valence electrons. The van der Waals surface area contributed by atoms with Crippen molar-refractivity contribution in [3.05, 3.63) is 65.5 Å². The maximum Gasteiger partial charge on any atom is 0.319 e.